The minimum atomic E-state index is -0.0935. The minimum Gasteiger partial charge on any atom is -0.370 e. The number of rotatable bonds is 2. The number of likely N-dealkylation sites (tertiary alicyclic amines) is 1. The van der Waals surface area contributed by atoms with Crippen LogP contribution < -0.4 is 10.5 Å². The number of aromatic nitrogens is 5. The van der Waals surface area contributed by atoms with E-state index in [1.54, 1.807) is 15.0 Å². The fourth-order valence-corrected chi connectivity index (χ4v) is 5.26. The predicted molar refractivity (Wildman–Crippen MR) is 120 cm³/mol. The molecule has 158 valence electrons. The van der Waals surface area contributed by atoms with Gasteiger partial charge in [-0.25, -0.2) is 9.50 Å². The van der Waals surface area contributed by atoms with Gasteiger partial charge in [0.05, 0.1) is 34.5 Å². The Kier molecular flexibility index (Phi) is 3.95. The van der Waals surface area contributed by atoms with Gasteiger partial charge in [-0.15, -0.1) is 0 Å². The van der Waals surface area contributed by atoms with Gasteiger partial charge in [0.15, 0.2) is 0 Å². The number of aryl methyl sites for hydroxylation is 2. The zero-order valence-electron chi connectivity index (χ0n) is 18.0. The fourth-order valence-electron chi connectivity index (χ4n) is 5.26. The lowest BCUT2D eigenvalue weighted by molar-refractivity contribution is 0.387. The second-order valence-corrected chi connectivity index (χ2v) is 9.07. The number of fused-ring (bicyclic) bond motifs is 3. The lowest BCUT2D eigenvalue weighted by Gasteiger charge is -2.21. The lowest BCUT2D eigenvalue weighted by atomic mass is 10.0. The molecule has 0 radical (unpaired) electrons. The van der Waals surface area contributed by atoms with Crippen molar-refractivity contribution in [3.05, 3.63) is 58.4 Å². The van der Waals surface area contributed by atoms with E-state index in [4.69, 9.17) is 4.98 Å². The van der Waals surface area contributed by atoms with Gasteiger partial charge >= 0.3 is 0 Å². The van der Waals surface area contributed by atoms with E-state index in [9.17, 15) is 4.79 Å². The van der Waals surface area contributed by atoms with Crippen LogP contribution >= 0.6 is 0 Å². The van der Waals surface area contributed by atoms with Crippen molar-refractivity contribution in [3.63, 3.8) is 0 Å². The van der Waals surface area contributed by atoms with Crippen LogP contribution in [0.3, 0.4) is 0 Å². The number of nitrogens with zero attached hydrogens (tertiary/aromatic N) is 7. The topological polar surface area (TPSA) is 71.0 Å². The molecule has 2 fully saturated rings. The molecule has 2 aliphatic heterocycles. The summed E-state index contributed by atoms with van der Waals surface area (Å²) in [6, 6.07) is 7.53. The Morgan fingerprint density at radius 2 is 1.71 bits per heavy atom. The third kappa shape index (κ3) is 3.01. The molecule has 4 aromatic rings. The van der Waals surface area contributed by atoms with E-state index in [1.165, 1.54) is 0 Å². The van der Waals surface area contributed by atoms with E-state index in [-0.39, 0.29) is 5.56 Å². The first kappa shape index (κ1) is 18.5. The summed E-state index contributed by atoms with van der Waals surface area (Å²) in [4.78, 5) is 27.0. The van der Waals surface area contributed by atoms with Crippen LogP contribution in [0.2, 0.25) is 0 Å². The molecule has 0 amide bonds. The van der Waals surface area contributed by atoms with Gasteiger partial charge in [-0.3, -0.25) is 14.2 Å². The molecule has 6 rings (SSSR count). The fraction of sp³-hybridized carbons (Fsp3) is 0.391. The summed E-state index contributed by atoms with van der Waals surface area (Å²) in [5, 5.41) is 4.63. The molecule has 0 N–H and O–H groups in total. The summed E-state index contributed by atoms with van der Waals surface area (Å²) in [6.07, 6.45) is 3.81. The number of hydrogen-bond acceptors (Lipinski definition) is 6. The summed E-state index contributed by atoms with van der Waals surface area (Å²) in [6.45, 7) is 8.32. The monoisotopic (exact) mass is 415 g/mol. The average Bonchev–Trinajstić information content (AvgIpc) is 3.40. The standard InChI is InChI=1S/C23H25N7O/c1-14-8-30-21(15(2)24-14)6-20(26-30)19-7-23(31)29-13-18(4-5-22(29)25-19)28-11-16-9-27(3)10-17(16)12-28/h4-8,13,16-17H,9-12H2,1-3H3. The van der Waals surface area contributed by atoms with Crippen molar-refractivity contribution in [2.75, 3.05) is 38.1 Å². The highest BCUT2D eigenvalue weighted by Gasteiger charge is 2.38. The summed E-state index contributed by atoms with van der Waals surface area (Å²) < 4.78 is 3.45. The van der Waals surface area contributed by atoms with Gasteiger partial charge in [0, 0.05) is 38.4 Å². The normalized spacial score (nSPS) is 21.5. The quantitative estimate of drug-likeness (QED) is 0.499. The highest BCUT2D eigenvalue weighted by atomic mass is 16.1. The smallest absolute Gasteiger partial charge is 0.258 e. The van der Waals surface area contributed by atoms with Gasteiger partial charge < -0.3 is 9.80 Å². The number of hydrogen-bond donors (Lipinski definition) is 0. The molecule has 0 saturated carbocycles. The van der Waals surface area contributed by atoms with Crippen LogP contribution in [0.1, 0.15) is 11.4 Å². The third-order valence-corrected chi connectivity index (χ3v) is 6.70. The van der Waals surface area contributed by atoms with Crippen molar-refractivity contribution in [1.29, 1.82) is 0 Å². The van der Waals surface area contributed by atoms with Crippen LogP contribution in [-0.2, 0) is 0 Å². The van der Waals surface area contributed by atoms with Crippen molar-refractivity contribution >= 4 is 16.9 Å². The molecule has 4 aromatic heterocycles. The predicted octanol–water partition coefficient (Wildman–Crippen LogP) is 2.02. The molecule has 2 atom stereocenters. The van der Waals surface area contributed by atoms with Gasteiger partial charge in [-0.2, -0.15) is 5.10 Å². The first-order chi connectivity index (χ1) is 14.9. The Labute approximate surface area is 179 Å². The highest BCUT2D eigenvalue weighted by molar-refractivity contribution is 5.66. The third-order valence-electron chi connectivity index (χ3n) is 6.70. The molecule has 0 aromatic carbocycles. The Hall–Kier alpha value is -3.26. The molecular formula is C23H25N7O. The molecule has 8 nitrogen and oxygen atoms in total. The molecule has 6 heterocycles. The molecule has 2 unspecified atom stereocenters. The molecule has 2 saturated heterocycles. The molecule has 31 heavy (non-hydrogen) atoms. The largest absolute Gasteiger partial charge is 0.370 e. The summed E-state index contributed by atoms with van der Waals surface area (Å²) in [5.74, 6) is 1.43. The Morgan fingerprint density at radius 1 is 0.935 bits per heavy atom. The van der Waals surface area contributed by atoms with Crippen LogP contribution in [0.5, 0.6) is 0 Å². The Balaban J connectivity index is 1.37. The van der Waals surface area contributed by atoms with Crippen LogP contribution in [0.4, 0.5) is 5.69 Å². The minimum absolute atomic E-state index is 0.0935. The van der Waals surface area contributed by atoms with Crippen molar-refractivity contribution in [2.45, 2.75) is 13.8 Å². The van der Waals surface area contributed by atoms with E-state index in [0.717, 1.165) is 60.6 Å². The van der Waals surface area contributed by atoms with Gasteiger partial charge in [0.25, 0.3) is 5.56 Å². The Morgan fingerprint density at radius 3 is 2.48 bits per heavy atom. The van der Waals surface area contributed by atoms with Gasteiger partial charge in [-0.1, -0.05) is 0 Å². The second-order valence-electron chi connectivity index (χ2n) is 9.07. The summed E-state index contributed by atoms with van der Waals surface area (Å²) >= 11 is 0. The van der Waals surface area contributed by atoms with E-state index in [0.29, 0.717) is 17.0 Å². The average molecular weight is 416 g/mol. The molecule has 8 heteroatoms. The summed E-state index contributed by atoms with van der Waals surface area (Å²) in [5.41, 5.74) is 5.61. The van der Waals surface area contributed by atoms with Crippen molar-refractivity contribution < 1.29 is 0 Å². The zero-order chi connectivity index (χ0) is 21.3. The highest BCUT2D eigenvalue weighted by Crippen LogP contribution is 2.33. The number of anilines is 1. The van der Waals surface area contributed by atoms with Crippen molar-refractivity contribution in [1.82, 2.24) is 28.9 Å². The van der Waals surface area contributed by atoms with Crippen LogP contribution in [0.15, 0.2) is 41.5 Å². The van der Waals surface area contributed by atoms with E-state index < -0.39 is 0 Å². The maximum absolute atomic E-state index is 13.0. The van der Waals surface area contributed by atoms with E-state index >= 15 is 0 Å². The molecule has 0 spiro atoms. The van der Waals surface area contributed by atoms with Crippen LogP contribution in [0, 0.1) is 25.7 Å². The van der Waals surface area contributed by atoms with Gasteiger partial charge in [0.2, 0.25) is 0 Å². The first-order valence-electron chi connectivity index (χ1n) is 10.8. The Bertz CT molecular complexity index is 1370. The molecule has 0 aliphatic carbocycles. The second kappa shape index (κ2) is 6.62. The van der Waals surface area contributed by atoms with Crippen LogP contribution in [-0.4, -0.2) is 62.1 Å². The van der Waals surface area contributed by atoms with Crippen LogP contribution in [0.25, 0.3) is 22.6 Å². The molecule has 0 bridgehead atoms. The van der Waals surface area contributed by atoms with Gasteiger partial charge in [-0.05, 0) is 50.9 Å². The van der Waals surface area contributed by atoms with E-state index in [2.05, 4.69) is 33.0 Å². The number of pyridine rings is 1. The maximum Gasteiger partial charge on any atom is 0.258 e. The SMILES string of the molecule is Cc1cn2nc(-c3cc(=O)n4cc(N5CC6CN(C)CC6C5)ccc4n3)cc2c(C)n1. The molecular weight excluding hydrogens is 390 g/mol. The van der Waals surface area contributed by atoms with Crippen molar-refractivity contribution in [2.24, 2.45) is 11.8 Å². The first-order valence-corrected chi connectivity index (χ1v) is 10.8. The zero-order valence-corrected chi connectivity index (χ0v) is 18.0. The maximum atomic E-state index is 13.0. The van der Waals surface area contributed by atoms with Crippen molar-refractivity contribution in [3.8, 4) is 11.4 Å². The lowest BCUT2D eigenvalue weighted by Crippen LogP contribution is -2.27. The van der Waals surface area contributed by atoms with Gasteiger partial charge in [0.1, 0.15) is 11.3 Å². The summed E-state index contributed by atoms with van der Waals surface area (Å²) in [7, 11) is 2.20. The molecule has 2 aliphatic rings. The van der Waals surface area contributed by atoms with E-state index in [1.807, 2.05) is 38.4 Å².